The van der Waals surface area contributed by atoms with E-state index < -0.39 is 10.8 Å². The number of hydrogen-bond acceptors (Lipinski definition) is 4. The molecule has 16 heavy (non-hydrogen) atoms. The van der Waals surface area contributed by atoms with Gasteiger partial charge in [0.05, 0.1) is 6.61 Å². The maximum atomic E-state index is 10.9. The largest absolute Gasteiger partial charge is 0.494 e. The van der Waals surface area contributed by atoms with Crippen LogP contribution in [0.15, 0.2) is 18.2 Å². The standard InChI is InChI=1S/C11H18N2O2S/c1-3-15-11-7-9(12)6-10(8-11)13-4-5-16(2)14/h6-8,13H,3-5,12H2,1-2H3. The zero-order valence-electron chi connectivity index (χ0n) is 9.66. The van der Waals surface area contributed by atoms with E-state index in [4.69, 9.17) is 10.5 Å². The van der Waals surface area contributed by atoms with E-state index in [0.717, 1.165) is 11.4 Å². The zero-order valence-corrected chi connectivity index (χ0v) is 10.5. The summed E-state index contributed by atoms with van der Waals surface area (Å²) in [6.45, 7) is 3.20. The molecule has 0 aliphatic heterocycles. The molecular weight excluding hydrogens is 224 g/mol. The molecule has 90 valence electrons. The molecule has 1 rings (SSSR count). The summed E-state index contributed by atoms with van der Waals surface area (Å²) in [6.07, 6.45) is 1.69. The van der Waals surface area contributed by atoms with Crippen molar-refractivity contribution in [2.45, 2.75) is 6.92 Å². The maximum absolute atomic E-state index is 10.9. The molecule has 1 aromatic rings. The molecule has 0 aliphatic carbocycles. The third-order valence-corrected chi connectivity index (χ3v) is 2.74. The highest BCUT2D eigenvalue weighted by Crippen LogP contribution is 2.22. The predicted molar refractivity (Wildman–Crippen MR) is 69.4 cm³/mol. The van der Waals surface area contributed by atoms with Gasteiger partial charge in [-0.05, 0) is 13.0 Å². The maximum Gasteiger partial charge on any atom is 0.123 e. The van der Waals surface area contributed by atoms with Crippen LogP contribution < -0.4 is 15.8 Å². The summed E-state index contributed by atoms with van der Waals surface area (Å²) in [7, 11) is -0.778. The summed E-state index contributed by atoms with van der Waals surface area (Å²) in [4.78, 5) is 0. The topological polar surface area (TPSA) is 64.3 Å². The van der Waals surface area contributed by atoms with E-state index in [2.05, 4.69) is 5.32 Å². The lowest BCUT2D eigenvalue weighted by atomic mass is 10.2. The summed E-state index contributed by atoms with van der Waals surface area (Å²) in [5, 5.41) is 3.16. The summed E-state index contributed by atoms with van der Waals surface area (Å²) in [6, 6.07) is 5.51. The van der Waals surface area contributed by atoms with Gasteiger partial charge in [0.1, 0.15) is 5.75 Å². The van der Waals surface area contributed by atoms with E-state index in [9.17, 15) is 4.21 Å². The summed E-state index contributed by atoms with van der Waals surface area (Å²) < 4.78 is 16.3. The fourth-order valence-corrected chi connectivity index (χ4v) is 1.70. The average Bonchev–Trinajstić information content (AvgIpc) is 2.16. The molecule has 1 aromatic carbocycles. The van der Waals surface area contributed by atoms with Crippen LogP contribution in [0.3, 0.4) is 0 Å². The van der Waals surface area contributed by atoms with Gasteiger partial charge in [0.25, 0.3) is 0 Å². The van der Waals surface area contributed by atoms with Crippen LogP contribution in [-0.4, -0.2) is 29.4 Å². The van der Waals surface area contributed by atoms with Gasteiger partial charge < -0.3 is 15.8 Å². The SMILES string of the molecule is CCOc1cc(N)cc(NCCS(C)=O)c1. The molecule has 0 spiro atoms. The van der Waals surface area contributed by atoms with E-state index in [0.29, 0.717) is 24.6 Å². The van der Waals surface area contributed by atoms with Crippen LogP contribution in [0.5, 0.6) is 5.75 Å². The van der Waals surface area contributed by atoms with Crippen LogP contribution in [-0.2, 0) is 10.8 Å². The van der Waals surface area contributed by atoms with Crippen molar-refractivity contribution in [1.82, 2.24) is 0 Å². The van der Waals surface area contributed by atoms with E-state index in [1.807, 2.05) is 19.1 Å². The van der Waals surface area contributed by atoms with E-state index >= 15 is 0 Å². The molecule has 0 aliphatic rings. The minimum absolute atomic E-state index is 0.613. The Balaban J connectivity index is 2.61. The van der Waals surface area contributed by atoms with Gasteiger partial charge in [-0.1, -0.05) is 0 Å². The first-order valence-electron chi connectivity index (χ1n) is 5.19. The molecular formula is C11H18N2O2S. The second-order valence-electron chi connectivity index (χ2n) is 3.43. The van der Waals surface area contributed by atoms with Crippen LogP contribution >= 0.6 is 0 Å². The molecule has 5 heteroatoms. The number of nitrogen functional groups attached to an aromatic ring is 1. The van der Waals surface area contributed by atoms with Gasteiger partial charge >= 0.3 is 0 Å². The minimum Gasteiger partial charge on any atom is -0.494 e. The number of nitrogens with one attached hydrogen (secondary N) is 1. The van der Waals surface area contributed by atoms with Crippen LogP contribution in [0, 0.1) is 0 Å². The highest BCUT2D eigenvalue weighted by atomic mass is 32.2. The fourth-order valence-electron chi connectivity index (χ4n) is 1.31. The van der Waals surface area contributed by atoms with Gasteiger partial charge in [-0.25, -0.2) is 0 Å². The quantitative estimate of drug-likeness (QED) is 0.741. The van der Waals surface area contributed by atoms with Crippen LogP contribution in [0.4, 0.5) is 11.4 Å². The van der Waals surface area contributed by atoms with E-state index in [1.165, 1.54) is 0 Å². The van der Waals surface area contributed by atoms with Crippen LogP contribution in [0.25, 0.3) is 0 Å². The molecule has 0 bridgehead atoms. The van der Waals surface area contributed by atoms with Crippen molar-refractivity contribution in [1.29, 1.82) is 0 Å². The Morgan fingerprint density at radius 3 is 2.81 bits per heavy atom. The first-order valence-corrected chi connectivity index (χ1v) is 6.91. The van der Waals surface area contributed by atoms with Crippen molar-refractivity contribution in [3.8, 4) is 5.75 Å². The van der Waals surface area contributed by atoms with Gasteiger partial charge in [0, 0.05) is 52.9 Å². The first kappa shape index (κ1) is 12.8. The van der Waals surface area contributed by atoms with Gasteiger partial charge in [-0.3, -0.25) is 4.21 Å². The average molecular weight is 242 g/mol. The molecule has 4 nitrogen and oxygen atoms in total. The number of benzene rings is 1. The summed E-state index contributed by atoms with van der Waals surface area (Å²) in [5.74, 6) is 1.38. The Kier molecular flexibility index (Phi) is 5.11. The van der Waals surface area contributed by atoms with Crippen LogP contribution in [0.2, 0.25) is 0 Å². The zero-order chi connectivity index (χ0) is 12.0. The third-order valence-electron chi connectivity index (χ3n) is 1.96. The number of hydrogen-bond donors (Lipinski definition) is 2. The lowest BCUT2D eigenvalue weighted by Crippen LogP contribution is -2.10. The monoisotopic (exact) mass is 242 g/mol. The highest BCUT2D eigenvalue weighted by Gasteiger charge is 1.99. The van der Waals surface area contributed by atoms with Gasteiger partial charge in [0.2, 0.25) is 0 Å². The Morgan fingerprint density at radius 2 is 2.19 bits per heavy atom. The van der Waals surface area contributed by atoms with Crippen molar-refractivity contribution in [2.24, 2.45) is 0 Å². The van der Waals surface area contributed by atoms with E-state index in [-0.39, 0.29) is 0 Å². The minimum atomic E-state index is -0.778. The van der Waals surface area contributed by atoms with Crippen molar-refractivity contribution >= 4 is 22.2 Å². The third kappa shape index (κ3) is 4.53. The second-order valence-corrected chi connectivity index (χ2v) is 4.98. The molecule has 0 saturated carbocycles. The second kappa shape index (κ2) is 6.37. The van der Waals surface area contributed by atoms with Gasteiger partial charge in [-0.15, -0.1) is 0 Å². The number of ether oxygens (including phenoxy) is 1. The molecule has 1 unspecified atom stereocenters. The molecule has 1 atom stereocenters. The Morgan fingerprint density at radius 1 is 1.44 bits per heavy atom. The molecule has 0 fully saturated rings. The van der Waals surface area contributed by atoms with Gasteiger partial charge in [0.15, 0.2) is 0 Å². The van der Waals surface area contributed by atoms with Gasteiger partial charge in [-0.2, -0.15) is 0 Å². The van der Waals surface area contributed by atoms with Crippen molar-refractivity contribution < 1.29 is 8.95 Å². The van der Waals surface area contributed by atoms with Crippen molar-refractivity contribution in [2.75, 3.05) is 36.2 Å². The lowest BCUT2D eigenvalue weighted by Gasteiger charge is -2.09. The van der Waals surface area contributed by atoms with E-state index in [1.54, 1.807) is 12.3 Å². The number of nitrogens with two attached hydrogens (primary N) is 1. The predicted octanol–water partition coefficient (Wildman–Crippen LogP) is 1.46. The van der Waals surface area contributed by atoms with Crippen molar-refractivity contribution in [3.63, 3.8) is 0 Å². The fraction of sp³-hybridized carbons (Fsp3) is 0.455. The molecule has 0 aromatic heterocycles. The molecule has 0 radical (unpaired) electrons. The number of rotatable bonds is 6. The smallest absolute Gasteiger partial charge is 0.123 e. The highest BCUT2D eigenvalue weighted by molar-refractivity contribution is 7.84. The van der Waals surface area contributed by atoms with Crippen LogP contribution in [0.1, 0.15) is 6.92 Å². The molecule has 0 saturated heterocycles. The summed E-state index contributed by atoms with van der Waals surface area (Å²) >= 11 is 0. The Bertz CT molecular complexity index is 369. The normalized spacial score (nSPS) is 12.1. The summed E-state index contributed by atoms with van der Waals surface area (Å²) in [5.41, 5.74) is 7.30. The lowest BCUT2D eigenvalue weighted by molar-refractivity contribution is 0.340. The Labute approximate surface area is 98.6 Å². The Hall–Kier alpha value is -1.23. The first-order chi connectivity index (χ1) is 7.61. The number of anilines is 2. The molecule has 0 heterocycles. The van der Waals surface area contributed by atoms with Crippen molar-refractivity contribution in [3.05, 3.63) is 18.2 Å². The molecule has 0 amide bonds. The molecule has 3 N–H and O–H groups in total.